The molecule has 1 saturated heterocycles. The van der Waals surface area contributed by atoms with Crippen LogP contribution >= 0.6 is 35.3 Å². The van der Waals surface area contributed by atoms with Crippen LogP contribution in [0.5, 0.6) is 0 Å². The molecule has 160 valence electrons. The summed E-state index contributed by atoms with van der Waals surface area (Å²) >= 11 is 1.75. The topological polar surface area (TPSA) is 58.5 Å². The van der Waals surface area contributed by atoms with Crippen LogP contribution in [-0.4, -0.2) is 44.3 Å². The molecule has 0 amide bonds. The molecule has 0 bridgehead atoms. The van der Waals surface area contributed by atoms with Crippen molar-refractivity contribution in [3.8, 4) is 0 Å². The zero-order valence-corrected chi connectivity index (χ0v) is 20.4. The summed E-state index contributed by atoms with van der Waals surface area (Å²) in [6.45, 7) is 6.98. The molecule has 0 radical (unpaired) electrons. The summed E-state index contributed by atoms with van der Waals surface area (Å²) in [4.78, 5) is 10.2. The number of nitrogens with zero attached hydrogens (tertiary/aromatic N) is 2. The van der Waals surface area contributed by atoms with Crippen LogP contribution in [0.25, 0.3) is 0 Å². The van der Waals surface area contributed by atoms with Crippen molar-refractivity contribution in [2.75, 3.05) is 33.4 Å². The fourth-order valence-corrected chi connectivity index (χ4v) is 4.49. The maximum atomic E-state index is 13.8. The van der Waals surface area contributed by atoms with E-state index in [1.165, 1.54) is 10.9 Å². The molecule has 0 unspecified atom stereocenters. The first-order chi connectivity index (χ1) is 13.5. The summed E-state index contributed by atoms with van der Waals surface area (Å²) in [6.07, 6.45) is 2.58. The van der Waals surface area contributed by atoms with Gasteiger partial charge in [-0.15, -0.1) is 35.3 Å². The predicted octanol–water partition coefficient (Wildman–Crippen LogP) is 3.97. The Morgan fingerprint density at radius 2 is 2.03 bits per heavy atom. The molecule has 1 aliphatic heterocycles. The number of rotatable bonds is 6. The molecular weight excluding hydrogens is 502 g/mol. The van der Waals surface area contributed by atoms with Gasteiger partial charge in [-0.05, 0) is 44.4 Å². The van der Waals surface area contributed by atoms with E-state index in [-0.39, 0.29) is 35.2 Å². The molecule has 1 fully saturated rings. The highest BCUT2D eigenvalue weighted by atomic mass is 127. The Hall–Kier alpha value is -1.26. The van der Waals surface area contributed by atoms with E-state index in [9.17, 15) is 4.39 Å². The normalized spacial score (nSPS) is 16.2. The Morgan fingerprint density at radius 1 is 1.28 bits per heavy atom. The Morgan fingerprint density at radius 3 is 2.66 bits per heavy atom. The Kier molecular flexibility index (Phi) is 9.29. The highest BCUT2D eigenvalue weighted by molar-refractivity contribution is 14.0. The monoisotopic (exact) mass is 532 g/mol. The molecule has 29 heavy (non-hydrogen) atoms. The quantitative estimate of drug-likeness (QED) is 0.336. The van der Waals surface area contributed by atoms with Gasteiger partial charge >= 0.3 is 0 Å². The lowest BCUT2D eigenvalue weighted by Crippen LogP contribution is -2.48. The molecular formula is C21H30FIN4OS. The van der Waals surface area contributed by atoms with Gasteiger partial charge in [-0.2, -0.15) is 0 Å². The Labute approximate surface area is 193 Å². The van der Waals surface area contributed by atoms with Crippen LogP contribution in [0.1, 0.15) is 34.0 Å². The van der Waals surface area contributed by atoms with E-state index in [0.717, 1.165) is 48.0 Å². The van der Waals surface area contributed by atoms with Crippen molar-refractivity contribution >= 4 is 41.3 Å². The van der Waals surface area contributed by atoms with Crippen molar-refractivity contribution < 1.29 is 9.13 Å². The van der Waals surface area contributed by atoms with Crippen LogP contribution in [-0.2, 0) is 16.6 Å². The first-order valence-electron chi connectivity index (χ1n) is 9.74. The van der Waals surface area contributed by atoms with Crippen LogP contribution in [0.4, 0.5) is 4.39 Å². The fourth-order valence-electron chi connectivity index (χ4n) is 3.56. The third-order valence-corrected chi connectivity index (χ3v) is 6.54. The van der Waals surface area contributed by atoms with Gasteiger partial charge in [-0.25, -0.2) is 9.37 Å². The second kappa shape index (κ2) is 11.2. The van der Waals surface area contributed by atoms with Gasteiger partial charge in [0.25, 0.3) is 0 Å². The largest absolute Gasteiger partial charge is 0.381 e. The highest BCUT2D eigenvalue weighted by Crippen LogP contribution is 2.34. The van der Waals surface area contributed by atoms with Gasteiger partial charge in [-0.3, -0.25) is 4.99 Å². The first kappa shape index (κ1) is 24.0. The molecule has 8 heteroatoms. The lowest BCUT2D eigenvalue weighted by Gasteiger charge is -2.38. The van der Waals surface area contributed by atoms with Crippen LogP contribution in [0, 0.1) is 19.7 Å². The van der Waals surface area contributed by atoms with Gasteiger partial charge in [0, 0.05) is 50.1 Å². The second-order valence-electron chi connectivity index (χ2n) is 7.25. The van der Waals surface area contributed by atoms with Crippen LogP contribution in [0.3, 0.4) is 0 Å². The number of aliphatic imine (C=N–C) groups is 1. The van der Waals surface area contributed by atoms with Crippen molar-refractivity contribution in [3.05, 3.63) is 51.2 Å². The standard InChI is InChI=1S/C21H29FN4OS.HI/c1-15-16(2)28-19(26-15)7-10-24-20(23-3)25-14-21(8-11-27-12-9-21)17-5-4-6-18(22)13-17;/h4-6,13H,7-12,14H2,1-3H3,(H2,23,24,25);1H. The van der Waals surface area contributed by atoms with Gasteiger partial charge in [-0.1, -0.05) is 12.1 Å². The zero-order valence-electron chi connectivity index (χ0n) is 17.3. The predicted molar refractivity (Wildman–Crippen MR) is 128 cm³/mol. The van der Waals surface area contributed by atoms with E-state index >= 15 is 0 Å². The maximum Gasteiger partial charge on any atom is 0.191 e. The smallest absolute Gasteiger partial charge is 0.191 e. The van der Waals surface area contributed by atoms with Crippen molar-refractivity contribution in [2.24, 2.45) is 4.99 Å². The molecule has 1 aromatic carbocycles. The number of hydrogen-bond donors (Lipinski definition) is 2. The number of nitrogens with one attached hydrogen (secondary N) is 2. The average molecular weight is 532 g/mol. The third-order valence-electron chi connectivity index (χ3n) is 5.41. The van der Waals surface area contributed by atoms with E-state index in [1.54, 1.807) is 30.5 Å². The van der Waals surface area contributed by atoms with Gasteiger partial charge in [0.15, 0.2) is 5.96 Å². The van der Waals surface area contributed by atoms with Crippen LogP contribution < -0.4 is 10.6 Å². The summed E-state index contributed by atoms with van der Waals surface area (Å²) in [5.74, 6) is 0.562. The minimum atomic E-state index is -0.195. The second-order valence-corrected chi connectivity index (χ2v) is 8.54. The number of benzene rings is 1. The molecule has 2 aromatic rings. The molecule has 1 aliphatic rings. The lowest BCUT2D eigenvalue weighted by atomic mass is 9.74. The minimum absolute atomic E-state index is 0. The van der Waals surface area contributed by atoms with Gasteiger partial charge in [0.1, 0.15) is 5.82 Å². The molecule has 0 saturated carbocycles. The van der Waals surface area contributed by atoms with Crippen molar-refractivity contribution in [3.63, 3.8) is 0 Å². The number of aromatic nitrogens is 1. The number of halogens is 2. The number of guanidine groups is 1. The molecule has 0 spiro atoms. The Balaban J connectivity index is 0.00000300. The van der Waals surface area contributed by atoms with Crippen molar-refractivity contribution in [1.29, 1.82) is 0 Å². The van der Waals surface area contributed by atoms with Gasteiger partial charge < -0.3 is 15.4 Å². The fraction of sp³-hybridized carbons (Fsp3) is 0.524. The van der Waals surface area contributed by atoms with Crippen molar-refractivity contribution in [2.45, 2.75) is 38.5 Å². The molecule has 0 atom stereocenters. The summed E-state index contributed by atoms with van der Waals surface area (Å²) in [6, 6.07) is 6.94. The lowest BCUT2D eigenvalue weighted by molar-refractivity contribution is 0.0513. The van der Waals surface area contributed by atoms with Crippen LogP contribution in [0.2, 0.25) is 0 Å². The molecule has 2 N–H and O–H groups in total. The first-order valence-corrected chi connectivity index (χ1v) is 10.6. The van der Waals surface area contributed by atoms with E-state index < -0.39 is 0 Å². The average Bonchev–Trinajstić information content (AvgIpc) is 3.02. The van der Waals surface area contributed by atoms with E-state index in [4.69, 9.17) is 4.74 Å². The number of thiazole rings is 1. The molecule has 5 nitrogen and oxygen atoms in total. The highest BCUT2D eigenvalue weighted by Gasteiger charge is 2.34. The van der Waals surface area contributed by atoms with E-state index in [1.807, 2.05) is 13.0 Å². The van der Waals surface area contributed by atoms with Crippen LogP contribution in [0.15, 0.2) is 29.3 Å². The summed E-state index contributed by atoms with van der Waals surface area (Å²) in [7, 11) is 1.77. The zero-order chi connectivity index (χ0) is 20.0. The Bertz CT molecular complexity index is 801. The number of aryl methyl sites for hydroxylation is 2. The van der Waals surface area contributed by atoms with Gasteiger partial charge in [0.2, 0.25) is 0 Å². The van der Waals surface area contributed by atoms with E-state index in [2.05, 4.69) is 27.5 Å². The summed E-state index contributed by atoms with van der Waals surface area (Å²) in [5, 5.41) is 7.95. The molecule has 0 aliphatic carbocycles. The van der Waals surface area contributed by atoms with Crippen molar-refractivity contribution in [1.82, 2.24) is 15.6 Å². The summed E-state index contributed by atoms with van der Waals surface area (Å²) in [5.41, 5.74) is 1.98. The number of hydrogen-bond acceptors (Lipinski definition) is 4. The SMILES string of the molecule is CN=C(NCCc1nc(C)c(C)s1)NCC1(c2cccc(F)c2)CCOCC1.I. The molecule has 2 heterocycles. The van der Waals surface area contributed by atoms with Gasteiger partial charge in [0.05, 0.1) is 10.7 Å². The maximum absolute atomic E-state index is 13.8. The third kappa shape index (κ3) is 6.36. The number of ether oxygens (including phenoxy) is 1. The molecule has 3 rings (SSSR count). The molecule has 1 aromatic heterocycles. The minimum Gasteiger partial charge on any atom is -0.381 e. The van der Waals surface area contributed by atoms with E-state index in [0.29, 0.717) is 19.8 Å². The summed E-state index contributed by atoms with van der Waals surface area (Å²) < 4.78 is 19.4.